The average molecular weight is 414 g/mol. The second-order valence-electron chi connectivity index (χ2n) is 4.26. The molecule has 0 aromatic carbocycles. The first kappa shape index (κ1) is 23.6. The lowest BCUT2D eigenvalue weighted by atomic mass is 9.97. The van der Waals surface area contributed by atoms with Crippen LogP contribution in [-0.2, 0) is 0 Å². The molecule has 0 rings (SSSR count). The van der Waals surface area contributed by atoms with E-state index in [0.717, 1.165) is 0 Å². The molecular weight excluding hydrogens is 412 g/mol. The maximum atomic E-state index is 12.9. The van der Waals surface area contributed by atoms with Crippen molar-refractivity contribution in [3.63, 3.8) is 0 Å². The molecule has 150 valence electrons. The number of hydrogen-bond acceptors (Lipinski definition) is 0. The molecule has 0 aliphatic rings. The SMILES string of the molecule is FCC(F)(F)C(F)(F)C(F)(F)C(F)(F)/C(F)=C(\F)C(F)(F)C(F)(F)F. The largest absolute Gasteiger partial charge is 0.460 e. The van der Waals surface area contributed by atoms with Gasteiger partial charge < -0.3 is 0 Å². The van der Waals surface area contributed by atoms with Crippen LogP contribution in [0.1, 0.15) is 0 Å². The molecule has 0 unspecified atom stereocenters. The van der Waals surface area contributed by atoms with E-state index in [1.165, 1.54) is 0 Å². The Morgan fingerprint density at radius 1 is 0.520 bits per heavy atom. The molecule has 16 heteroatoms. The lowest BCUT2D eigenvalue weighted by Gasteiger charge is -2.35. The molecule has 0 bridgehead atoms. The van der Waals surface area contributed by atoms with Crippen molar-refractivity contribution in [3.05, 3.63) is 11.7 Å². The predicted molar refractivity (Wildman–Crippen MR) is 46.0 cm³/mol. The molecule has 0 nitrogen and oxygen atoms in total. The summed E-state index contributed by atoms with van der Waals surface area (Å²) in [7, 11) is 0. The van der Waals surface area contributed by atoms with Gasteiger partial charge in [0.15, 0.2) is 6.67 Å². The van der Waals surface area contributed by atoms with Gasteiger partial charge in [-0.3, -0.25) is 0 Å². The van der Waals surface area contributed by atoms with Crippen LogP contribution in [0.25, 0.3) is 0 Å². The van der Waals surface area contributed by atoms with Crippen molar-refractivity contribution >= 4 is 0 Å². The van der Waals surface area contributed by atoms with Gasteiger partial charge in [-0.25, -0.2) is 13.2 Å². The third-order valence-electron chi connectivity index (χ3n) is 2.52. The highest BCUT2D eigenvalue weighted by Crippen LogP contribution is 2.57. The van der Waals surface area contributed by atoms with Crippen LogP contribution in [0.3, 0.4) is 0 Å². The first-order chi connectivity index (χ1) is 10.6. The Morgan fingerprint density at radius 3 is 1.12 bits per heavy atom. The molecule has 0 aromatic rings. The first-order valence-corrected chi connectivity index (χ1v) is 5.21. The Bertz CT molecular complexity index is 522. The van der Waals surface area contributed by atoms with Crippen molar-refractivity contribution in [3.8, 4) is 0 Å². The highest BCUT2D eigenvalue weighted by atomic mass is 19.4. The van der Waals surface area contributed by atoms with Gasteiger partial charge in [-0.2, -0.15) is 57.1 Å². The lowest BCUT2D eigenvalue weighted by Crippen LogP contribution is -2.63. The molecule has 0 atom stereocenters. The quantitative estimate of drug-likeness (QED) is 0.479. The monoisotopic (exact) mass is 414 g/mol. The number of allylic oxidation sites excluding steroid dienone is 2. The Morgan fingerprint density at radius 2 is 0.840 bits per heavy atom. The van der Waals surface area contributed by atoms with Crippen LogP contribution in [0.15, 0.2) is 11.7 Å². The minimum atomic E-state index is -7.81. The second-order valence-corrected chi connectivity index (χ2v) is 4.26. The molecule has 25 heavy (non-hydrogen) atoms. The van der Waals surface area contributed by atoms with Gasteiger partial charge in [0.25, 0.3) is 0 Å². The average Bonchev–Trinajstić information content (AvgIpc) is 2.43. The fourth-order valence-electron chi connectivity index (χ4n) is 1.05. The van der Waals surface area contributed by atoms with Gasteiger partial charge in [-0.05, 0) is 0 Å². The summed E-state index contributed by atoms with van der Waals surface area (Å²) in [6.07, 6.45) is -7.18. The third-order valence-corrected chi connectivity index (χ3v) is 2.52. The number of halogens is 16. The molecule has 0 aliphatic heterocycles. The van der Waals surface area contributed by atoms with E-state index >= 15 is 0 Å². The van der Waals surface area contributed by atoms with Gasteiger partial charge in [0, 0.05) is 0 Å². The zero-order valence-electron chi connectivity index (χ0n) is 10.8. The van der Waals surface area contributed by atoms with E-state index in [0.29, 0.717) is 0 Å². The van der Waals surface area contributed by atoms with Crippen molar-refractivity contribution in [1.29, 1.82) is 0 Å². The van der Waals surface area contributed by atoms with Crippen molar-refractivity contribution in [2.45, 2.75) is 35.8 Å². The van der Waals surface area contributed by atoms with Crippen molar-refractivity contribution in [1.82, 2.24) is 0 Å². The van der Waals surface area contributed by atoms with Gasteiger partial charge in [0.2, 0.25) is 11.7 Å². The van der Waals surface area contributed by atoms with Gasteiger partial charge in [-0.1, -0.05) is 0 Å². The highest BCUT2D eigenvalue weighted by Gasteiger charge is 2.82. The molecule has 0 saturated heterocycles. The van der Waals surface area contributed by atoms with Crippen LogP contribution in [0.5, 0.6) is 0 Å². The zero-order valence-corrected chi connectivity index (χ0v) is 10.8. The van der Waals surface area contributed by atoms with Crippen LogP contribution in [-0.4, -0.2) is 42.5 Å². The summed E-state index contributed by atoms with van der Waals surface area (Å²) in [6, 6.07) is 0. The number of alkyl halides is 14. The Labute approximate surface area is 126 Å². The van der Waals surface area contributed by atoms with E-state index in [1.807, 2.05) is 0 Å². The van der Waals surface area contributed by atoms with Crippen LogP contribution in [0.4, 0.5) is 70.2 Å². The highest BCUT2D eigenvalue weighted by molar-refractivity contribution is 5.23. The van der Waals surface area contributed by atoms with E-state index in [-0.39, 0.29) is 0 Å². The van der Waals surface area contributed by atoms with Gasteiger partial charge in [-0.15, -0.1) is 0 Å². The lowest BCUT2D eigenvalue weighted by molar-refractivity contribution is -0.362. The molecular formula is C9H2F16. The fourth-order valence-corrected chi connectivity index (χ4v) is 1.05. The molecule has 0 aromatic heterocycles. The van der Waals surface area contributed by atoms with E-state index in [9.17, 15) is 70.2 Å². The Kier molecular flexibility index (Phi) is 5.77. The maximum Gasteiger partial charge on any atom is 0.460 e. The Balaban J connectivity index is 6.44. The zero-order chi connectivity index (χ0) is 20.9. The summed E-state index contributed by atoms with van der Waals surface area (Å²) in [5.74, 6) is -46.8. The maximum absolute atomic E-state index is 12.9. The minimum Gasteiger partial charge on any atom is -0.244 e. The molecule has 0 N–H and O–H groups in total. The molecule has 0 aliphatic carbocycles. The number of hydrogen-bond donors (Lipinski definition) is 0. The summed E-state index contributed by atoms with van der Waals surface area (Å²) in [5, 5.41) is 0. The summed E-state index contributed by atoms with van der Waals surface area (Å²) in [6.45, 7) is -3.74. The normalized spacial score (nSPS) is 16.8. The third kappa shape index (κ3) is 3.35. The summed E-state index contributed by atoms with van der Waals surface area (Å²) in [4.78, 5) is 0. The smallest absolute Gasteiger partial charge is 0.244 e. The van der Waals surface area contributed by atoms with E-state index in [2.05, 4.69) is 0 Å². The van der Waals surface area contributed by atoms with Crippen molar-refractivity contribution < 1.29 is 70.2 Å². The summed E-state index contributed by atoms with van der Waals surface area (Å²) < 4.78 is 198. The summed E-state index contributed by atoms with van der Waals surface area (Å²) >= 11 is 0. The summed E-state index contributed by atoms with van der Waals surface area (Å²) in [5.41, 5.74) is 0. The van der Waals surface area contributed by atoms with E-state index < -0.39 is 54.1 Å². The first-order valence-electron chi connectivity index (χ1n) is 5.21. The molecule has 0 saturated carbocycles. The molecule has 0 spiro atoms. The predicted octanol–water partition coefficient (Wildman–Crippen LogP) is 5.85. The van der Waals surface area contributed by atoms with Crippen molar-refractivity contribution in [2.75, 3.05) is 6.67 Å². The van der Waals surface area contributed by atoms with Crippen LogP contribution in [0, 0.1) is 0 Å². The van der Waals surface area contributed by atoms with E-state index in [1.54, 1.807) is 0 Å². The fraction of sp³-hybridized carbons (Fsp3) is 0.778. The molecule has 0 radical (unpaired) electrons. The second kappa shape index (κ2) is 6.10. The van der Waals surface area contributed by atoms with Gasteiger partial charge >= 0.3 is 35.8 Å². The van der Waals surface area contributed by atoms with E-state index in [4.69, 9.17) is 0 Å². The van der Waals surface area contributed by atoms with Crippen LogP contribution >= 0.6 is 0 Å². The van der Waals surface area contributed by atoms with Crippen molar-refractivity contribution in [2.24, 2.45) is 0 Å². The molecule has 0 amide bonds. The van der Waals surface area contributed by atoms with Crippen LogP contribution < -0.4 is 0 Å². The topological polar surface area (TPSA) is 0 Å². The molecule has 0 fully saturated rings. The minimum absolute atomic E-state index is 3.74. The standard InChI is InChI=1S/C9H2F16/c10-1-4(13,14)7(19,20)8(21,22)5(15,16)2(11)3(12)6(17,18)9(23,24)25/h1H2/b3-2+. The van der Waals surface area contributed by atoms with Gasteiger partial charge in [0.05, 0.1) is 0 Å². The number of rotatable bonds is 6. The van der Waals surface area contributed by atoms with Crippen LogP contribution in [0.2, 0.25) is 0 Å². The Hall–Kier alpha value is -1.38. The van der Waals surface area contributed by atoms with Gasteiger partial charge in [0.1, 0.15) is 0 Å². The molecule has 0 heterocycles.